The average molecular weight is 372 g/mol. The quantitative estimate of drug-likeness (QED) is 0.794. The van der Waals surface area contributed by atoms with E-state index in [0.717, 1.165) is 35.1 Å². The molecule has 1 aliphatic heterocycles. The predicted molar refractivity (Wildman–Crippen MR) is 98.4 cm³/mol. The summed E-state index contributed by atoms with van der Waals surface area (Å²) >= 11 is 7.45. The number of rotatable bonds is 5. The van der Waals surface area contributed by atoms with Gasteiger partial charge in [0.15, 0.2) is 0 Å². The molecule has 7 heteroatoms. The molecule has 0 saturated carbocycles. The third-order valence-electron chi connectivity index (χ3n) is 4.55. The summed E-state index contributed by atoms with van der Waals surface area (Å²) < 4.78 is 0.745. The van der Waals surface area contributed by atoms with E-state index in [1.807, 2.05) is 42.8 Å². The summed E-state index contributed by atoms with van der Waals surface area (Å²) in [7, 11) is 1.84. The molecule has 0 spiro atoms. The van der Waals surface area contributed by atoms with Crippen molar-refractivity contribution < 1.29 is 9.59 Å². The van der Waals surface area contributed by atoms with Crippen molar-refractivity contribution in [2.45, 2.75) is 33.2 Å². The highest BCUT2D eigenvalue weighted by atomic mass is 35.5. The Hall–Kier alpha value is -1.27. The Labute approximate surface area is 153 Å². The lowest BCUT2D eigenvalue weighted by Crippen LogP contribution is -2.48. The number of nitrogens with zero attached hydrogens (tertiary/aromatic N) is 3. The third kappa shape index (κ3) is 4.63. The summed E-state index contributed by atoms with van der Waals surface area (Å²) in [5.74, 6) is 0.167. The van der Waals surface area contributed by atoms with Crippen molar-refractivity contribution in [3.05, 3.63) is 21.3 Å². The van der Waals surface area contributed by atoms with Gasteiger partial charge in [0.1, 0.15) is 0 Å². The number of carbonyl (C=O) groups is 2. The number of thiophene rings is 1. The second kappa shape index (κ2) is 8.72. The summed E-state index contributed by atoms with van der Waals surface area (Å²) in [6.07, 6.45) is 1.47. The number of hydrogen-bond acceptors (Lipinski definition) is 3. The zero-order valence-electron chi connectivity index (χ0n) is 14.6. The van der Waals surface area contributed by atoms with Crippen molar-refractivity contribution in [2.75, 3.05) is 33.2 Å². The first-order valence-corrected chi connectivity index (χ1v) is 9.68. The maximum Gasteiger partial charge on any atom is 0.319 e. The van der Waals surface area contributed by atoms with E-state index in [1.165, 1.54) is 11.3 Å². The lowest BCUT2D eigenvalue weighted by Gasteiger charge is -2.35. The Morgan fingerprint density at radius 1 is 1.25 bits per heavy atom. The molecule has 0 atom stereocenters. The summed E-state index contributed by atoms with van der Waals surface area (Å²) in [4.78, 5) is 31.5. The maximum absolute atomic E-state index is 12.6. The number of likely N-dealkylation sites (tertiary alicyclic amines) is 1. The summed E-state index contributed by atoms with van der Waals surface area (Å²) in [6.45, 7) is 7.33. The summed E-state index contributed by atoms with van der Waals surface area (Å²) in [5, 5.41) is 0. The Kier molecular flexibility index (Phi) is 6.92. The highest BCUT2D eigenvalue weighted by molar-refractivity contribution is 7.16. The van der Waals surface area contributed by atoms with Gasteiger partial charge in [0, 0.05) is 44.0 Å². The summed E-state index contributed by atoms with van der Waals surface area (Å²) in [5.41, 5.74) is 0. The van der Waals surface area contributed by atoms with E-state index < -0.39 is 0 Å². The fourth-order valence-electron chi connectivity index (χ4n) is 3.07. The molecule has 1 aromatic heterocycles. The first-order chi connectivity index (χ1) is 11.5. The Bertz CT molecular complexity index is 566. The minimum absolute atomic E-state index is 0.00573. The molecular weight excluding hydrogens is 346 g/mol. The van der Waals surface area contributed by atoms with Crippen molar-refractivity contribution in [3.8, 4) is 0 Å². The molecule has 134 valence electrons. The molecule has 24 heavy (non-hydrogen) atoms. The van der Waals surface area contributed by atoms with Crippen LogP contribution in [0.15, 0.2) is 12.1 Å². The van der Waals surface area contributed by atoms with Gasteiger partial charge in [-0.15, -0.1) is 11.3 Å². The van der Waals surface area contributed by atoms with Crippen molar-refractivity contribution >= 4 is 34.9 Å². The Morgan fingerprint density at radius 3 is 2.38 bits per heavy atom. The molecule has 0 radical (unpaired) electrons. The van der Waals surface area contributed by atoms with Gasteiger partial charge in [-0.2, -0.15) is 0 Å². The normalized spacial score (nSPS) is 15.4. The number of halogens is 1. The van der Waals surface area contributed by atoms with E-state index in [4.69, 9.17) is 11.6 Å². The van der Waals surface area contributed by atoms with Crippen LogP contribution in [0.25, 0.3) is 0 Å². The van der Waals surface area contributed by atoms with Gasteiger partial charge in [-0.25, -0.2) is 4.79 Å². The molecule has 1 fully saturated rings. The number of carbonyl (C=O) groups excluding carboxylic acids is 2. The number of amides is 3. The first-order valence-electron chi connectivity index (χ1n) is 8.49. The highest BCUT2D eigenvalue weighted by Crippen LogP contribution is 2.25. The van der Waals surface area contributed by atoms with Crippen molar-refractivity contribution in [2.24, 2.45) is 5.92 Å². The zero-order valence-corrected chi connectivity index (χ0v) is 16.2. The number of hydrogen-bond donors (Lipinski definition) is 0. The van der Waals surface area contributed by atoms with Gasteiger partial charge in [-0.1, -0.05) is 11.6 Å². The molecule has 1 aromatic rings. The molecule has 0 aliphatic carbocycles. The van der Waals surface area contributed by atoms with Gasteiger partial charge >= 0.3 is 6.03 Å². The minimum Gasteiger partial charge on any atom is -0.340 e. The van der Waals surface area contributed by atoms with Gasteiger partial charge in [0.2, 0.25) is 5.91 Å². The van der Waals surface area contributed by atoms with Gasteiger partial charge in [0.25, 0.3) is 0 Å². The largest absolute Gasteiger partial charge is 0.340 e. The minimum atomic E-state index is 0.00573. The van der Waals surface area contributed by atoms with Gasteiger partial charge in [-0.3, -0.25) is 4.79 Å². The zero-order chi connectivity index (χ0) is 17.7. The molecule has 5 nitrogen and oxygen atoms in total. The van der Waals surface area contributed by atoms with E-state index in [1.54, 1.807) is 4.90 Å². The molecule has 0 unspecified atom stereocenters. The van der Waals surface area contributed by atoms with Crippen LogP contribution in [0.2, 0.25) is 4.34 Å². The lowest BCUT2D eigenvalue weighted by molar-refractivity contribution is -0.136. The molecule has 1 aliphatic rings. The molecule has 0 aromatic carbocycles. The SMILES string of the molecule is CCN(CC)C(=O)N1CCC(C(=O)N(C)Cc2ccc(Cl)s2)CC1. The van der Waals surface area contributed by atoms with Crippen molar-refractivity contribution in [3.63, 3.8) is 0 Å². The van der Waals surface area contributed by atoms with E-state index in [0.29, 0.717) is 19.6 Å². The summed E-state index contributed by atoms with van der Waals surface area (Å²) in [6, 6.07) is 3.91. The lowest BCUT2D eigenvalue weighted by atomic mass is 9.95. The molecule has 0 bridgehead atoms. The molecule has 1 saturated heterocycles. The van der Waals surface area contributed by atoms with Gasteiger partial charge in [-0.05, 0) is 38.8 Å². The van der Waals surface area contributed by atoms with Crippen molar-refractivity contribution in [1.29, 1.82) is 0 Å². The molecule has 2 rings (SSSR count). The van der Waals surface area contributed by atoms with Crippen LogP contribution in [0.5, 0.6) is 0 Å². The second-order valence-electron chi connectivity index (χ2n) is 6.12. The fourth-order valence-corrected chi connectivity index (χ4v) is 4.21. The molecular formula is C17H26ClN3O2S. The molecule has 2 heterocycles. The van der Waals surface area contributed by atoms with Crippen LogP contribution in [0.1, 0.15) is 31.6 Å². The fraction of sp³-hybridized carbons (Fsp3) is 0.647. The smallest absolute Gasteiger partial charge is 0.319 e. The standard InChI is InChI=1S/C17H26ClN3O2S/c1-4-20(5-2)17(23)21-10-8-13(9-11-21)16(22)19(3)12-14-6-7-15(18)24-14/h6-7,13H,4-5,8-12H2,1-3H3. The topological polar surface area (TPSA) is 43.9 Å². The third-order valence-corrected chi connectivity index (χ3v) is 5.76. The van der Waals surface area contributed by atoms with E-state index >= 15 is 0 Å². The Morgan fingerprint density at radius 2 is 1.88 bits per heavy atom. The van der Waals surface area contributed by atoms with Crippen LogP contribution >= 0.6 is 22.9 Å². The van der Waals surface area contributed by atoms with Crippen LogP contribution in [-0.2, 0) is 11.3 Å². The van der Waals surface area contributed by atoms with Crippen LogP contribution < -0.4 is 0 Å². The average Bonchev–Trinajstić information content (AvgIpc) is 3.00. The van der Waals surface area contributed by atoms with E-state index in [-0.39, 0.29) is 17.9 Å². The molecule has 0 N–H and O–H groups in total. The maximum atomic E-state index is 12.6. The molecule has 3 amide bonds. The predicted octanol–water partition coefficient (Wildman–Crippen LogP) is 3.53. The Balaban J connectivity index is 1.84. The number of urea groups is 1. The van der Waals surface area contributed by atoms with Crippen LogP contribution in [-0.4, -0.2) is 59.9 Å². The van der Waals surface area contributed by atoms with Gasteiger partial charge < -0.3 is 14.7 Å². The highest BCUT2D eigenvalue weighted by Gasteiger charge is 2.30. The first kappa shape index (κ1) is 19.1. The van der Waals surface area contributed by atoms with Crippen LogP contribution in [0.4, 0.5) is 4.79 Å². The number of piperidine rings is 1. The van der Waals surface area contributed by atoms with E-state index in [9.17, 15) is 9.59 Å². The van der Waals surface area contributed by atoms with Gasteiger partial charge in [0.05, 0.1) is 10.9 Å². The van der Waals surface area contributed by atoms with Crippen LogP contribution in [0.3, 0.4) is 0 Å². The van der Waals surface area contributed by atoms with E-state index in [2.05, 4.69) is 0 Å². The van der Waals surface area contributed by atoms with Crippen molar-refractivity contribution in [1.82, 2.24) is 14.7 Å². The monoisotopic (exact) mass is 371 g/mol. The second-order valence-corrected chi connectivity index (χ2v) is 7.92. The van der Waals surface area contributed by atoms with Crippen LogP contribution in [0, 0.1) is 5.92 Å².